The third-order valence-corrected chi connectivity index (χ3v) is 2.68. The minimum atomic E-state index is 0.211. The minimum absolute atomic E-state index is 0.211. The molecule has 15 heavy (non-hydrogen) atoms. The molecule has 0 atom stereocenters. The van der Waals surface area contributed by atoms with Crippen molar-refractivity contribution in [1.82, 2.24) is 0 Å². The van der Waals surface area contributed by atoms with Gasteiger partial charge in [0.05, 0.1) is 12.1 Å². The van der Waals surface area contributed by atoms with Crippen LogP contribution in [0, 0.1) is 0 Å². The Labute approximate surface area is 92.3 Å². The summed E-state index contributed by atoms with van der Waals surface area (Å²) in [6, 6.07) is 5.30. The zero-order valence-corrected chi connectivity index (χ0v) is 8.88. The predicted octanol–water partition coefficient (Wildman–Crippen LogP) is 2.24. The number of hydrogen-bond acceptors (Lipinski definition) is 3. The summed E-state index contributed by atoms with van der Waals surface area (Å²) in [5, 5.41) is 0.453. The van der Waals surface area contributed by atoms with Gasteiger partial charge in [-0.05, 0) is 12.1 Å². The summed E-state index contributed by atoms with van der Waals surface area (Å²) >= 11 is 6.04. The first-order valence-corrected chi connectivity index (χ1v) is 4.79. The summed E-state index contributed by atoms with van der Waals surface area (Å²) < 4.78 is 10.4. The van der Waals surface area contributed by atoms with E-state index in [1.54, 1.807) is 25.3 Å². The van der Waals surface area contributed by atoms with E-state index in [0.717, 1.165) is 11.8 Å². The van der Waals surface area contributed by atoms with Gasteiger partial charge in [-0.1, -0.05) is 11.6 Å². The zero-order chi connectivity index (χ0) is 10.8. The van der Waals surface area contributed by atoms with Crippen LogP contribution in [0.1, 0.15) is 5.56 Å². The molecule has 0 aliphatic carbocycles. The van der Waals surface area contributed by atoms with Gasteiger partial charge in [-0.2, -0.15) is 0 Å². The number of hydrogen-bond donors (Lipinski definition) is 0. The van der Waals surface area contributed by atoms with Crippen molar-refractivity contribution in [3.8, 4) is 11.5 Å². The average Bonchev–Trinajstić information content (AvgIpc) is 2.29. The third kappa shape index (κ3) is 1.70. The van der Waals surface area contributed by atoms with Crippen LogP contribution in [0.25, 0.3) is 5.03 Å². The maximum atomic E-state index is 10.7. The van der Waals surface area contributed by atoms with E-state index in [4.69, 9.17) is 21.1 Å². The number of methoxy groups -OCH3 is 1. The van der Waals surface area contributed by atoms with E-state index in [-0.39, 0.29) is 6.61 Å². The Hall–Kier alpha value is -1.48. The summed E-state index contributed by atoms with van der Waals surface area (Å²) in [5.41, 5.74) is 1.19. The van der Waals surface area contributed by atoms with Crippen LogP contribution in [-0.4, -0.2) is 20.0 Å². The van der Waals surface area contributed by atoms with Gasteiger partial charge in [0, 0.05) is 17.2 Å². The van der Waals surface area contributed by atoms with Crippen LogP contribution in [0.4, 0.5) is 0 Å². The molecule has 0 N–H and O–H groups in total. The van der Waals surface area contributed by atoms with Crippen molar-refractivity contribution in [2.24, 2.45) is 0 Å². The number of aldehydes is 1. The SMILES string of the molecule is COc1ccc2c(c1)OCC(C=O)=C2Cl. The molecule has 1 aromatic carbocycles. The molecule has 0 saturated carbocycles. The van der Waals surface area contributed by atoms with Gasteiger partial charge in [0.15, 0.2) is 6.29 Å². The molecule has 0 bridgehead atoms. The lowest BCUT2D eigenvalue weighted by Crippen LogP contribution is -2.10. The van der Waals surface area contributed by atoms with Crippen LogP contribution in [-0.2, 0) is 4.79 Å². The minimum Gasteiger partial charge on any atom is -0.497 e. The van der Waals surface area contributed by atoms with Gasteiger partial charge in [-0.3, -0.25) is 4.79 Å². The lowest BCUT2D eigenvalue weighted by atomic mass is 10.1. The van der Waals surface area contributed by atoms with Gasteiger partial charge in [-0.25, -0.2) is 0 Å². The first kappa shape index (κ1) is 10.1. The number of carbonyl (C=O) groups excluding carboxylic acids is 1. The molecule has 0 amide bonds. The fourth-order valence-corrected chi connectivity index (χ4v) is 1.66. The number of fused-ring (bicyclic) bond motifs is 1. The molecular weight excluding hydrogens is 216 g/mol. The highest BCUT2D eigenvalue weighted by Crippen LogP contribution is 2.37. The third-order valence-electron chi connectivity index (χ3n) is 2.23. The monoisotopic (exact) mass is 224 g/mol. The molecule has 0 fully saturated rings. The van der Waals surface area contributed by atoms with E-state index in [9.17, 15) is 4.79 Å². The standard InChI is InChI=1S/C11H9ClO3/c1-14-8-2-3-9-10(4-8)15-6-7(5-13)11(9)12/h2-5H,6H2,1H3. The maximum absolute atomic E-state index is 10.7. The Bertz CT molecular complexity index is 437. The molecule has 0 unspecified atom stereocenters. The van der Waals surface area contributed by atoms with Gasteiger partial charge < -0.3 is 9.47 Å². The Balaban J connectivity index is 2.51. The summed E-state index contributed by atoms with van der Waals surface area (Å²) in [6.07, 6.45) is 0.718. The van der Waals surface area contributed by atoms with Crippen LogP contribution in [0.15, 0.2) is 23.8 Å². The number of halogens is 1. The topological polar surface area (TPSA) is 35.5 Å². The second-order valence-corrected chi connectivity index (χ2v) is 3.49. The van der Waals surface area contributed by atoms with Gasteiger partial charge in [-0.15, -0.1) is 0 Å². The molecule has 0 radical (unpaired) electrons. The van der Waals surface area contributed by atoms with E-state index in [1.807, 2.05) is 0 Å². The largest absolute Gasteiger partial charge is 0.497 e. The van der Waals surface area contributed by atoms with E-state index in [1.165, 1.54) is 0 Å². The number of carbonyl (C=O) groups is 1. The molecule has 0 aromatic heterocycles. The first-order chi connectivity index (χ1) is 7.26. The normalized spacial score (nSPS) is 14.3. The number of rotatable bonds is 2. The van der Waals surface area contributed by atoms with Gasteiger partial charge >= 0.3 is 0 Å². The molecule has 0 saturated heterocycles. The second kappa shape index (κ2) is 3.95. The summed E-state index contributed by atoms with van der Waals surface area (Å²) in [6.45, 7) is 0.211. The molecule has 4 heteroatoms. The smallest absolute Gasteiger partial charge is 0.150 e. The Morgan fingerprint density at radius 3 is 3.00 bits per heavy atom. The maximum Gasteiger partial charge on any atom is 0.150 e. The predicted molar refractivity (Wildman–Crippen MR) is 57.3 cm³/mol. The van der Waals surface area contributed by atoms with Crippen molar-refractivity contribution in [2.75, 3.05) is 13.7 Å². The molecule has 2 rings (SSSR count). The van der Waals surface area contributed by atoms with Gasteiger partial charge in [0.2, 0.25) is 0 Å². The summed E-state index contributed by atoms with van der Waals surface area (Å²) in [4.78, 5) is 10.7. The molecule has 1 aliphatic rings. The quantitative estimate of drug-likeness (QED) is 0.723. The molecule has 78 valence electrons. The zero-order valence-electron chi connectivity index (χ0n) is 8.12. The fourth-order valence-electron chi connectivity index (χ4n) is 1.41. The first-order valence-electron chi connectivity index (χ1n) is 4.41. The Kier molecular flexibility index (Phi) is 2.64. The van der Waals surface area contributed by atoms with Crippen LogP contribution in [0.2, 0.25) is 0 Å². The van der Waals surface area contributed by atoms with Crippen molar-refractivity contribution in [1.29, 1.82) is 0 Å². The highest BCUT2D eigenvalue weighted by Gasteiger charge is 2.18. The van der Waals surface area contributed by atoms with E-state index < -0.39 is 0 Å². The average molecular weight is 225 g/mol. The van der Waals surface area contributed by atoms with Crippen molar-refractivity contribution in [3.05, 3.63) is 29.3 Å². The van der Waals surface area contributed by atoms with Crippen LogP contribution >= 0.6 is 11.6 Å². The van der Waals surface area contributed by atoms with Crippen molar-refractivity contribution < 1.29 is 14.3 Å². The highest BCUT2D eigenvalue weighted by atomic mass is 35.5. The van der Waals surface area contributed by atoms with E-state index in [0.29, 0.717) is 22.1 Å². The van der Waals surface area contributed by atoms with Gasteiger partial charge in [0.1, 0.15) is 18.1 Å². The van der Waals surface area contributed by atoms with Crippen LogP contribution in [0.3, 0.4) is 0 Å². The fraction of sp³-hybridized carbons (Fsp3) is 0.182. The number of benzene rings is 1. The van der Waals surface area contributed by atoms with Gasteiger partial charge in [0.25, 0.3) is 0 Å². The molecule has 1 aliphatic heterocycles. The van der Waals surface area contributed by atoms with Crippen LogP contribution in [0.5, 0.6) is 11.5 Å². The summed E-state index contributed by atoms with van der Waals surface area (Å²) in [5.74, 6) is 1.35. The second-order valence-electron chi connectivity index (χ2n) is 3.11. The van der Waals surface area contributed by atoms with E-state index >= 15 is 0 Å². The van der Waals surface area contributed by atoms with Crippen molar-refractivity contribution in [2.45, 2.75) is 0 Å². The number of ether oxygens (including phenoxy) is 2. The molecule has 0 spiro atoms. The van der Waals surface area contributed by atoms with Crippen molar-refractivity contribution in [3.63, 3.8) is 0 Å². The van der Waals surface area contributed by atoms with Crippen molar-refractivity contribution >= 4 is 22.9 Å². The van der Waals surface area contributed by atoms with Crippen LogP contribution < -0.4 is 9.47 Å². The highest BCUT2D eigenvalue weighted by molar-refractivity contribution is 6.51. The molecule has 1 aromatic rings. The lowest BCUT2D eigenvalue weighted by Gasteiger charge is -2.18. The Morgan fingerprint density at radius 2 is 2.33 bits per heavy atom. The lowest BCUT2D eigenvalue weighted by molar-refractivity contribution is -0.105. The molecular formula is C11H9ClO3. The Morgan fingerprint density at radius 1 is 1.53 bits per heavy atom. The molecule has 1 heterocycles. The molecule has 3 nitrogen and oxygen atoms in total. The van der Waals surface area contributed by atoms with E-state index in [2.05, 4.69) is 0 Å². The summed E-state index contributed by atoms with van der Waals surface area (Å²) in [7, 11) is 1.58.